The normalized spacial score (nSPS) is 19.9. The molecule has 1 aliphatic rings. The average molecular weight is 331 g/mol. The summed E-state index contributed by atoms with van der Waals surface area (Å²) in [5, 5.41) is 4.11. The summed E-state index contributed by atoms with van der Waals surface area (Å²) in [6, 6.07) is 18.3. The number of aromatic nitrogens is 1. The van der Waals surface area contributed by atoms with Crippen molar-refractivity contribution in [2.24, 2.45) is 11.7 Å². The summed E-state index contributed by atoms with van der Waals surface area (Å²) in [4.78, 5) is 17.1. The van der Waals surface area contributed by atoms with E-state index in [0.717, 1.165) is 47.0 Å². The molecule has 1 amide bonds. The topological polar surface area (TPSA) is 68.0 Å². The number of nitrogens with zero attached hydrogens (tertiary/aromatic N) is 1. The molecule has 0 radical (unpaired) electrons. The molecule has 3 aromatic rings. The van der Waals surface area contributed by atoms with Gasteiger partial charge in [0.15, 0.2) is 0 Å². The molecule has 3 N–H and O–H groups in total. The molecule has 1 fully saturated rings. The molecule has 1 aliphatic carbocycles. The molecular formula is C21H21N3O. The molecule has 1 saturated carbocycles. The number of carbonyl (C=O) groups is 1. The summed E-state index contributed by atoms with van der Waals surface area (Å²) >= 11 is 0. The lowest BCUT2D eigenvalue weighted by Gasteiger charge is -2.14. The van der Waals surface area contributed by atoms with Gasteiger partial charge in [-0.15, -0.1) is 0 Å². The molecule has 2 aromatic carbocycles. The van der Waals surface area contributed by atoms with E-state index in [2.05, 4.69) is 22.4 Å². The van der Waals surface area contributed by atoms with Crippen LogP contribution in [0.3, 0.4) is 0 Å². The predicted octanol–water partition coefficient (Wildman–Crippen LogP) is 3.97. The summed E-state index contributed by atoms with van der Waals surface area (Å²) in [6.07, 6.45) is 4.34. The Balaban J connectivity index is 1.70. The van der Waals surface area contributed by atoms with Crippen LogP contribution < -0.4 is 11.1 Å². The first-order chi connectivity index (χ1) is 12.2. The first-order valence-corrected chi connectivity index (χ1v) is 8.72. The van der Waals surface area contributed by atoms with Crippen LogP contribution in [-0.2, 0) is 4.79 Å². The molecule has 4 rings (SSSR count). The van der Waals surface area contributed by atoms with E-state index in [1.807, 2.05) is 42.5 Å². The lowest BCUT2D eigenvalue weighted by atomic mass is 10.0. The van der Waals surface area contributed by atoms with Gasteiger partial charge in [0, 0.05) is 23.5 Å². The fourth-order valence-corrected chi connectivity index (χ4v) is 3.64. The van der Waals surface area contributed by atoms with Crippen molar-refractivity contribution in [3.8, 4) is 11.1 Å². The van der Waals surface area contributed by atoms with Crippen LogP contribution in [0.1, 0.15) is 19.3 Å². The van der Waals surface area contributed by atoms with Crippen molar-refractivity contribution >= 4 is 22.5 Å². The minimum Gasteiger partial charge on any atom is -0.328 e. The highest BCUT2D eigenvalue weighted by Crippen LogP contribution is 2.32. The maximum Gasteiger partial charge on any atom is 0.227 e. The van der Waals surface area contributed by atoms with Crippen molar-refractivity contribution in [3.05, 3.63) is 60.8 Å². The van der Waals surface area contributed by atoms with Gasteiger partial charge in [0.1, 0.15) is 0 Å². The van der Waals surface area contributed by atoms with Gasteiger partial charge in [-0.25, -0.2) is 0 Å². The number of hydrogen-bond donors (Lipinski definition) is 2. The van der Waals surface area contributed by atoms with E-state index in [1.165, 1.54) is 0 Å². The Hall–Kier alpha value is -2.72. The van der Waals surface area contributed by atoms with Crippen LogP contribution in [-0.4, -0.2) is 16.9 Å². The smallest absolute Gasteiger partial charge is 0.227 e. The van der Waals surface area contributed by atoms with Crippen LogP contribution in [0.2, 0.25) is 0 Å². The molecule has 126 valence electrons. The van der Waals surface area contributed by atoms with Crippen LogP contribution in [0.5, 0.6) is 0 Å². The Morgan fingerprint density at radius 2 is 1.88 bits per heavy atom. The zero-order chi connectivity index (χ0) is 17.2. The fourth-order valence-electron chi connectivity index (χ4n) is 3.64. The first-order valence-electron chi connectivity index (χ1n) is 8.72. The molecule has 25 heavy (non-hydrogen) atoms. The Labute approximate surface area is 147 Å². The Morgan fingerprint density at radius 3 is 2.64 bits per heavy atom. The molecule has 0 aliphatic heterocycles. The second-order valence-electron chi connectivity index (χ2n) is 6.69. The lowest BCUT2D eigenvalue weighted by molar-refractivity contribution is -0.119. The predicted molar refractivity (Wildman–Crippen MR) is 101 cm³/mol. The number of para-hydroxylation sites is 1. The molecule has 2 atom stereocenters. The number of nitrogens with two attached hydrogens (primary N) is 1. The Bertz CT molecular complexity index is 907. The number of fused-ring (bicyclic) bond motifs is 1. The molecule has 0 bridgehead atoms. The lowest BCUT2D eigenvalue weighted by Crippen LogP contribution is -2.23. The summed E-state index contributed by atoms with van der Waals surface area (Å²) in [6.45, 7) is 0. The second-order valence-corrected chi connectivity index (χ2v) is 6.69. The summed E-state index contributed by atoms with van der Waals surface area (Å²) in [5.41, 5.74) is 9.78. The third kappa shape index (κ3) is 3.13. The quantitative estimate of drug-likeness (QED) is 0.763. The molecule has 4 nitrogen and oxygen atoms in total. The van der Waals surface area contributed by atoms with E-state index < -0.39 is 0 Å². The van der Waals surface area contributed by atoms with Gasteiger partial charge in [0.05, 0.1) is 11.2 Å². The van der Waals surface area contributed by atoms with Crippen LogP contribution >= 0.6 is 0 Å². The number of pyridine rings is 1. The number of anilines is 1. The van der Waals surface area contributed by atoms with Gasteiger partial charge in [-0.3, -0.25) is 9.78 Å². The molecule has 0 saturated heterocycles. The van der Waals surface area contributed by atoms with Crippen LogP contribution in [0.25, 0.3) is 22.0 Å². The molecule has 0 spiro atoms. The Morgan fingerprint density at radius 1 is 1.04 bits per heavy atom. The van der Waals surface area contributed by atoms with E-state index in [-0.39, 0.29) is 17.9 Å². The minimum atomic E-state index is 0.00237. The van der Waals surface area contributed by atoms with Gasteiger partial charge in [-0.05, 0) is 42.5 Å². The van der Waals surface area contributed by atoms with E-state index in [9.17, 15) is 4.79 Å². The van der Waals surface area contributed by atoms with Crippen molar-refractivity contribution in [1.82, 2.24) is 4.98 Å². The van der Waals surface area contributed by atoms with E-state index in [0.29, 0.717) is 0 Å². The monoisotopic (exact) mass is 331 g/mol. The Kier molecular flexibility index (Phi) is 4.20. The van der Waals surface area contributed by atoms with Gasteiger partial charge in [0.2, 0.25) is 5.91 Å². The maximum absolute atomic E-state index is 12.6. The van der Waals surface area contributed by atoms with Crippen molar-refractivity contribution in [2.75, 3.05) is 5.32 Å². The third-order valence-electron chi connectivity index (χ3n) is 4.96. The van der Waals surface area contributed by atoms with E-state index in [1.54, 1.807) is 6.20 Å². The standard InChI is InChI=1S/C21H21N3O/c22-16-10-9-15(13-16)21(25)24-19-8-4-7-18-17(11-12-23-20(18)19)14-5-2-1-3-6-14/h1-8,11-12,15-16H,9-10,13,22H2,(H,24,25)/t15-,16+/m0/s1. The maximum atomic E-state index is 12.6. The molecule has 4 heteroatoms. The fraction of sp³-hybridized carbons (Fsp3) is 0.238. The van der Waals surface area contributed by atoms with Crippen LogP contribution in [0.15, 0.2) is 60.8 Å². The number of nitrogens with one attached hydrogen (secondary N) is 1. The highest BCUT2D eigenvalue weighted by molar-refractivity contribution is 6.05. The van der Waals surface area contributed by atoms with Gasteiger partial charge >= 0.3 is 0 Å². The number of amides is 1. The minimum absolute atomic E-state index is 0.00237. The van der Waals surface area contributed by atoms with Crippen molar-refractivity contribution in [3.63, 3.8) is 0 Å². The van der Waals surface area contributed by atoms with E-state index >= 15 is 0 Å². The summed E-state index contributed by atoms with van der Waals surface area (Å²) in [7, 11) is 0. The number of benzene rings is 2. The van der Waals surface area contributed by atoms with Gasteiger partial charge in [0.25, 0.3) is 0 Å². The number of rotatable bonds is 3. The summed E-state index contributed by atoms with van der Waals surface area (Å²) < 4.78 is 0. The molecule has 1 aromatic heterocycles. The number of carbonyl (C=O) groups excluding carboxylic acids is 1. The largest absolute Gasteiger partial charge is 0.328 e. The molecular weight excluding hydrogens is 310 g/mol. The van der Waals surface area contributed by atoms with Crippen LogP contribution in [0.4, 0.5) is 5.69 Å². The van der Waals surface area contributed by atoms with Gasteiger partial charge in [-0.2, -0.15) is 0 Å². The van der Waals surface area contributed by atoms with Gasteiger partial charge < -0.3 is 11.1 Å². The third-order valence-corrected chi connectivity index (χ3v) is 4.96. The van der Waals surface area contributed by atoms with Crippen molar-refractivity contribution in [1.29, 1.82) is 0 Å². The van der Waals surface area contributed by atoms with Crippen LogP contribution in [0, 0.1) is 5.92 Å². The highest BCUT2D eigenvalue weighted by Gasteiger charge is 2.28. The first kappa shape index (κ1) is 15.8. The SMILES string of the molecule is N[C@@H]1CC[C@H](C(=O)Nc2cccc3c(-c4ccccc4)ccnc23)C1. The zero-order valence-electron chi connectivity index (χ0n) is 14.0. The zero-order valence-corrected chi connectivity index (χ0v) is 14.0. The average Bonchev–Trinajstić information content (AvgIpc) is 3.09. The van der Waals surface area contributed by atoms with Crippen molar-refractivity contribution < 1.29 is 4.79 Å². The second kappa shape index (κ2) is 6.65. The molecule has 0 unspecified atom stereocenters. The highest BCUT2D eigenvalue weighted by atomic mass is 16.1. The van der Waals surface area contributed by atoms with Gasteiger partial charge in [-0.1, -0.05) is 42.5 Å². The number of hydrogen-bond acceptors (Lipinski definition) is 3. The van der Waals surface area contributed by atoms with Crippen molar-refractivity contribution in [2.45, 2.75) is 25.3 Å². The molecule has 1 heterocycles. The summed E-state index contributed by atoms with van der Waals surface area (Å²) in [5.74, 6) is 0.0509. The van der Waals surface area contributed by atoms with E-state index in [4.69, 9.17) is 5.73 Å².